The van der Waals surface area contributed by atoms with Gasteiger partial charge >= 0.3 is 0 Å². The largest absolute Gasteiger partial charge is 0.310 e. The van der Waals surface area contributed by atoms with Crippen LogP contribution in [0.5, 0.6) is 0 Å². The lowest BCUT2D eigenvalue weighted by Crippen LogP contribution is -2.56. The maximum atomic E-state index is 4.39. The Labute approximate surface area is 171 Å². The van der Waals surface area contributed by atoms with Gasteiger partial charge < -0.3 is 5.32 Å². The fraction of sp³-hybridized carbons (Fsp3) is 1.00. The van der Waals surface area contributed by atoms with Crippen molar-refractivity contribution in [3.05, 3.63) is 0 Å². The van der Waals surface area contributed by atoms with Crippen LogP contribution in [0, 0.1) is 22.7 Å². The Bertz CT molecular complexity index is 360. The van der Waals surface area contributed by atoms with Gasteiger partial charge in [-0.1, -0.05) is 80.1 Å². The van der Waals surface area contributed by atoms with E-state index in [0.717, 1.165) is 23.9 Å². The van der Waals surface area contributed by atoms with Crippen LogP contribution >= 0.6 is 0 Å². The highest BCUT2D eigenvalue weighted by molar-refractivity contribution is 4.99. The molecule has 0 aromatic rings. The zero-order chi connectivity index (χ0) is 19.9. The molecule has 1 nitrogen and oxygen atoms in total. The van der Waals surface area contributed by atoms with Gasteiger partial charge in [0.2, 0.25) is 0 Å². The van der Waals surface area contributed by atoms with Crippen LogP contribution in [0.3, 0.4) is 0 Å². The third-order valence-corrected chi connectivity index (χ3v) is 8.03. The van der Waals surface area contributed by atoms with E-state index in [9.17, 15) is 0 Å². The second kappa shape index (κ2) is 10.7. The van der Waals surface area contributed by atoms with Gasteiger partial charge in [-0.05, 0) is 74.0 Å². The highest BCUT2D eigenvalue weighted by Gasteiger charge is 2.44. The molecule has 2 aliphatic rings. The minimum Gasteiger partial charge on any atom is -0.310 e. The van der Waals surface area contributed by atoms with Crippen molar-refractivity contribution in [3.63, 3.8) is 0 Å². The third kappa shape index (κ3) is 5.97. The second-order valence-electron chi connectivity index (χ2n) is 11.1. The molecule has 0 saturated heterocycles. The molecule has 0 aromatic heterocycles. The Morgan fingerprint density at radius 1 is 0.593 bits per heavy atom. The summed E-state index contributed by atoms with van der Waals surface area (Å²) in [5, 5.41) is 4.39. The zero-order valence-electron chi connectivity index (χ0n) is 19.7. The van der Waals surface area contributed by atoms with E-state index in [0.29, 0.717) is 10.8 Å². The molecule has 0 amide bonds. The highest BCUT2D eigenvalue weighted by atomic mass is 15.0. The SMILES string of the molecule is CCC(NC(CC)C1(CC(C)C)CCCCC1)C1(CC(C)C)CCCCC1. The first-order chi connectivity index (χ1) is 12.9. The molecule has 0 spiro atoms. The van der Waals surface area contributed by atoms with Gasteiger partial charge in [0, 0.05) is 12.1 Å². The molecule has 2 saturated carbocycles. The third-order valence-electron chi connectivity index (χ3n) is 8.03. The first-order valence-corrected chi connectivity index (χ1v) is 12.6. The molecule has 2 rings (SSSR count). The molecule has 0 bridgehead atoms. The monoisotopic (exact) mass is 377 g/mol. The van der Waals surface area contributed by atoms with E-state index in [2.05, 4.69) is 46.9 Å². The maximum Gasteiger partial charge on any atom is 0.0124 e. The average molecular weight is 378 g/mol. The molecule has 1 N–H and O–H groups in total. The predicted octanol–water partition coefficient (Wildman–Crippen LogP) is 8.13. The van der Waals surface area contributed by atoms with E-state index < -0.39 is 0 Å². The van der Waals surface area contributed by atoms with Crippen LogP contribution in [-0.4, -0.2) is 12.1 Å². The molecule has 0 radical (unpaired) electrons. The van der Waals surface area contributed by atoms with Gasteiger partial charge in [0.1, 0.15) is 0 Å². The minimum atomic E-state index is 0.558. The molecule has 0 heterocycles. The quantitative estimate of drug-likeness (QED) is 0.405. The van der Waals surface area contributed by atoms with Crippen molar-refractivity contribution in [3.8, 4) is 0 Å². The van der Waals surface area contributed by atoms with E-state index in [1.807, 2.05) is 0 Å². The van der Waals surface area contributed by atoms with E-state index >= 15 is 0 Å². The second-order valence-corrected chi connectivity index (χ2v) is 11.1. The summed E-state index contributed by atoms with van der Waals surface area (Å²) in [6, 6.07) is 1.44. The number of nitrogens with one attached hydrogen (secondary N) is 1. The summed E-state index contributed by atoms with van der Waals surface area (Å²) in [5.74, 6) is 1.64. The summed E-state index contributed by atoms with van der Waals surface area (Å²) in [5.41, 5.74) is 1.12. The number of hydrogen-bond acceptors (Lipinski definition) is 1. The Kier molecular flexibility index (Phi) is 9.17. The van der Waals surface area contributed by atoms with E-state index in [-0.39, 0.29) is 0 Å². The fourth-order valence-corrected chi connectivity index (χ4v) is 7.23. The highest BCUT2D eigenvalue weighted by Crippen LogP contribution is 2.49. The Hall–Kier alpha value is -0.0400. The first-order valence-electron chi connectivity index (χ1n) is 12.6. The maximum absolute atomic E-state index is 4.39. The molecule has 160 valence electrons. The van der Waals surface area contributed by atoms with Crippen molar-refractivity contribution >= 4 is 0 Å². The van der Waals surface area contributed by atoms with Gasteiger partial charge in [-0.3, -0.25) is 0 Å². The summed E-state index contributed by atoms with van der Waals surface area (Å²) in [6.45, 7) is 14.7. The normalized spacial score (nSPS) is 24.9. The summed E-state index contributed by atoms with van der Waals surface area (Å²) < 4.78 is 0. The number of hydrogen-bond donors (Lipinski definition) is 1. The minimum absolute atomic E-state index is 0.558. The van der Waals surface area contributed by atoms with Crippen LogP contribution in [0.2, 0.25) is 0 Å². The van der Waals surface area contributed by atoms with Crippen molar-refractivity contribution in [1.82, 2.24) is 5.32 Å². The molecule has 2 aliphatic carbocycles. The molecular weight excluding hydrogens is 326 g/mol. The van der Waals surface area contributed by atoms with Crippen LogP contribution in [0.15, 0.2) is 0 Å². The Balaban J connectivity index is 2.23. The first kappa shape index (κ1) is 23.2. The standard InChI is InChI=1S/C26H51N/c1-7-23(25(19-21(3)4)15-11-9-12-16-25)27-24(8-2)26(20-22(5)6)17-13-10-14-18-26/h21-24,27H,7-20H2,1-6H3. The summed E-state index contributed by atoms with van der Waals surface area (Å²) in [7, 11) is 0. The molecule has 0 aromatic carbocycles. The average Bonchev–Trinajstić information content (AvgIpc) is 2.62. The lowest BCUT2D eigenvalue weighted by molar-refractivity contribution is 0.0358. The molecule has 2 unspecified atom stereocenters. The number of rotatable bonds is 10. The van der Waals surface area contributed by atoms with Gasteiger partial charge in [-0.2, -0.15) is 0 Å². The lowest BCUT2D eigenvalue weighted by atomic mass is 9.61. The Morgan fingerprint density at radius 3 is 1.19 bits per heavy atom. The van der Waals surface area contributed by atoms with Crippen LogP contribution in [0.4, 0.5) is 0 Å². The lowest BCUT2D eigenvalue weighted by Gasteiger charge is -2.51. The summed E-state index contributed by atoms with van der Waals surface area (Å²) in [4.78, 5) is 0. The summed E-state index contributed by atoms with van der Waals surface area (Å²) in [6.07, 6.45) is 20.1. The summed E-state index contributed by atoms with van der Waals surface area (Å²) >= 11 is 0. The van der Waals surface area contributed by atoms with Gasteiger partial charge in [0.25, 0.3) is 0 Å². The van der Waals surface area contributed by atoms with Crippen molar-refractivity contribution in [1.29, 1.82) is 0 Å². The molecular formula is C26H51N. The van der Waals surface area contributed by atoms with Gasteiger partial charge in [0.15, 0.2) is 0 Å². The molecule has 2 atom stereocenters. The van der Waals surface area contributed by atoms with Gasteiger partial charge in [-0.25, -0.2) is 0 Å². The van der Waals surface area contributed by atoms with Crippen LogP contribution in [0.25, 0.3) is 0 Å². The zero-order valence-corrected chi connectivity index (χ0v) is 19.7. The molecule has 2 fully saturated rings. The van der Waals surface area contributed by atoms with Crippen LogP contribution in [0.1, 0.15) is 131 Å². The van der Waals surface area contributed by atoms with Crippen LogP contribution in [-0.2, 0) is 0 Å². The van der Waals surface area contributed by atoms with E-state index in [1.54, 1.807) is 0 Å². The fourth-order valence-electron chi connectivity index (χ4n) is 7.23. The molecule has 0 aliphatic heterocycles. The Morgan fingerprint density at radius 2 is 0.926 bits per heavy atom. The van der Waals surface area contributed by atoms with Gasteiger partial charge in [0.05, 0.1) is 0 Å². The van der Waals surface area contributed by atoms with Crippen molar-refractivity contribution in [2.45, 2.75) is 144 Å². The van der Waals surface area contributed by atoms with E-state index in [4.69, 9.17) is 0 Å². The predicted molar refractivity (Wildman–Crippen MR) is 121 cm³/mol. The smallest absolute Gasteiger partial charge is 0.0124 e. The van der Waals surface area contributed by atoms with E-state index in [1.165, 1.54) is 89.9 Å². The van der Waals surface area contributed by atoms with Crippen molar-refractivity contribution in [2.75, 3.05) is 0 Å². The van der Waals surface area contributed by atoms with Crippen molar-refractivity contribution < 1.29 is 0 Å². The van der Waals surface area contributed by atoms with Crippen LogP contribution < -0.4 is 5.32 Å². The molecule has 1 heteroatoms. The van der Waals surface area contributed by atoms with Crippen molar-refractivity contribution in [2.24, 2.45) is 22.7 Å². The molecule has 27 heavy (non-hydrogen) atoms. The topological polar surface area (TPSA) is 12.0 Å². The van der Waals surface area contributed by atoms with Gasteiger partial charge in [-0.15, -0.1) is 0 Å².